The van der Waals surface area contributed by atoms with Crippen molar-refractivity contribution in [2.24, 2.45) is 5.16 Å². The lowest BCUT2D eigenvalue weighted by Gasteiger charge is -2.36. The third-order valence-corrected chi connectivity index (χ3v) is 5.06. The van der Waals surface area contributed by atoms with Gasteiger partial charge in [0, 0.05) is 26.8 Å². The molecule has 1 amide bonds. The maximum absolute atomic E-state index is 12.4. The van der Waals surface area contributed by atoms with Gasteiger partial charge in [-0.2, -0.15) is 5.26 Å². The van der Waals surface area contributed by atoms with E-state index in [1.807, 2.05) is 24.3 Å². The standard InChI is InChI=1S/C25H26N4O4/c1-28(2)24(30)22-12-13-25(31,18-27-33-17-21-8-10-23(32-3)11-9-21)29(16-22)15-20-6-4-19(14-26)5-7-20/h4-13,16,18,31H,15,17H2,1-3H3. The van der Waals surface area contributed by atoms with Crippen molar-refractivity contribution in [3.05, 3.63) is 89.1 Å². The van der Waals surface area contributed by atoms with Crippen LogP contribution in [0.1, 0.15) is 16.7 Å². The van der Waals surface area contributed by atoms with E-state index in [1.54, 1.807) is 62.6 Å². The number of ether oxygens (including phenoxy) is 1. The summed E-state index contributed by atoms with van der Waals surface area (Å²) in [6.45, 7) is 0.497. The van der Waals surface area contributed by atoms with E-state index in [9.17, 15) is 9.90 Å². The monoisotopic (exact) mass is 446 g/mol. The number of likely N-dealkylation sites (N-methyl/N-ethyl adjacent to an activating group) is 1. The molecule has 1 aliphatic rings. The average molecular weight is 447 g/mol. The molecule has 1 heterocycles. The van der Waals surface area contributed by atoms with Crippen molar-refractivity contribution in [2.75, 3.05) is 21.2 Å². The summed E-state index contributed by atoms with van der Waals surface area (Å²) in [6.07, 6.45) is 5.93. The van der Waals surface area contributed by atoms with Crippen molar-refractivity contribution in [3.63, 3.8) is 0 Å². The molecular formula is C25H26N4O4. The summed E-state index contributed by atoms with van der Waals surface area (Å²) in [5.41, 5.74) is 1.10. The Morgan fingerprint density at radius 3 is 2.45 bits per heavy atom. The van der Waals surface area contributed by atoms with Gasteiger partial charge in [-0.1, -0.05) is 29.4 Å². The Balaban J connectivity index is 1.76. The van der Waals surface area contributed by atoms with Gasteiger partial charge in [-0.15, -0.1) is 0 Å². The van der Waals surface area contributed by atoms with Crippen LogP contribution >= 0.6 is 0 Å². The van der Waals surface area contributed by atoms with Crippen LogP contribution < -0.4 is 4.74 Å². The minimum absolute atomic E-state index is 0.189. The molecule has 1 N–H and O–H groups in total. The molecule has 8 nitrogen and oxygen atoms in total. The first-order valence-electron chi connectivity index (χ1n) is 10.2. The molecule has 0 aromatic heterocycles. The minimum atomic E-state index is -1.61. The van der Waals surface area contributed by atoms with Crippen molar-refractivity contribution in [1.82, 2.24) is 9.80 Å². The lowest BCUT2D eigenvalue weighted by atomic mass is 10.0. The molecule has 1 atom stereocenters. The first-order valence-corrected chi connectivity index (χ1v) is 10.2. The smallest absolute Gasteiger partial charge is 0.254 e. The van der Waals surface area contributed by atoms with E-state index in [0.717, 1.165) is 16.9 Å². The predicted molar refractivity (Wildman–Crippen MR) is 124 cm³/mol. The van der Waals surface area contributed by atoms with Gasteiger partial charge >= 0.3 is 0 Å². The van der Waals surface area contributed by atoms with E-state index in [4.69, 9.17) is 14.8 Å². The maximum atomic E-state index is 12.4. The zero-order valence-corrected chi connectivity index (χ0v) is 18.8. The minimum Gasteiger partial charge on any atom is -0.497 e. The van der Waals surface area contributed by atoms with Gasteiger partial charge in [0.05, 0.1) is 24.3 Å². The Kier molecular flexibility index (Phi) is 7.49. The maximum Gasteiger partial charge on any atom is 0.254 e. The third kappa shape index (κ3) is 5.99. The zero-order valence-electron chi connectivity index (χ0n) is 18.8. The number of benzene rings is 2. The number of rotatable bonds is 8. The highest BCUT2D eigenvalue weighted by Gasteiger charge is 2.33. The third-order valence-electron chi connectivity index (χ3n) is 5.06. The summed E-state index contributed by atoms with van der Waals surface area (Å²) in [5.74, 6) is 0.558. The van der Waals surface area contributed by atoms with Crippen molar-refractivity contribution >= 4 is 12.1 Å². The van der Waals surface area contributed by atoms with Crippen LogP contribution in [0.3, 0.4) is 0 Å². The number of hydrogen-bond acceptors (Lipinski definition) is 7. The predicted octanol–water partition coefficient (Wildman–Crippen LogP) is 2.80. The molecule has 2 aromatic rings. The Hall–Kier alpha value is -4.09. The Morgan fingerprint density at radius 2 is 1.85 bits per heavy atom. The largest absolute Gasteiger partial charge is 0.497 e. The van der Waals surface area contributed by atoms with E-state index in [1.165, 1.54) is 17.2 Å². The van der Waals surface area contributed by atoms with E-state index in [2.05, 4.69) is 11.2 Å². The quantitative estimate of drug-likeness (QED) is 0.495. The molecule has 0 spiro atoms. The van der Waals surface area contributed by atoms with E-state index in [-0.39, 0.29) is 19.1 Å². The number of nitriles is 1. The molecule has 33 heavy (non-hydrogen) atoms. The second-order valence-corrected chi connectivity index (χ2v) is 7.69. The van der Waals surface area contributed by atoms with Gasteiger partial charge in [0.2, 0.25) is 0 Å². The molecule has 3 rings (SSSR count). The second kappa shape index (κ2) is 10.5. The number of aliphatic hydroxyl groups is 1. The van der Waals surface area contributed by atoms with Crippen LogP contribution in [0.25, 0.3) is 0 Å². The Morgan fingerprint density at radius 1 is 1.18 bits per heavy atom. The van der Waals surface area contributed by atoms with Gasteiger partial charge in [0.15, 0.2) is 5.72 Å². The molecule has 2 aromatic carbocycles. The number of nitrogens with zero attached hydrogens (tertiary/aromatic N) is 4. The molecule has 0 saturated carbocycles. The summed E-state index contributed by atoms with van der Waals surface area (Å²) >= 11 is 0. The number of carbonyl (C=O) groups excluding carboxylic acids is 1. The zero-order chi connectivity index (χ0) is 23.8. The van der Waals surface area contributed by atoms with Gasteiger partial charge < -0.3 is 24.5 Å². The number of carbonyl (C=O) groups is 1. The van der Waals surface area contributed by atoms with E-state index >= 15 is 0 Å². The molecular weight excluding hydrogens is 420 g/mol. The highest BCUT2D eigenvalue weighted by atomic mass is 16.6. The topological polar surface area (TPSA) is 98.4 Å². The number of oxime groups is 1. The van der Waals surface area contributed by atoms with Crippen molar-refractivity contribution < 1.29 is 19.5 Å². The SMILES string of the molecule is COc1ccc(CON=CC2(O)C=CC(C(=O)N(C)C)=CN2Cc2ccc(C#N)cc2)cc1. The fourth-order valence-electron chi connectivity index (χ4n) is 3.13. The normalized spacial score (nSPS) is 17.4. The summed E-state index contributed by atoms with van der Waals surface area (Å²) in [4.78, 5) is 20.9. The first kappa shape index (κ1) is 23.6. The molecule has 170 valence electrons. The van der Waals surface area contributed by atoms with Gasteiger partial charge in [0.25, 0.3) is 5.91 Å². The van der Waals surface area contributed by atoms with Crippen molar-refractivity contribution in [1.29, 1.82) is 5.26 Å². The van der Waals surface area contributed by atoms with Gasteiger partial charge in [0.1, 0.15) is 18.6 Å². The number of methoxy groups -OCH3 is 1. The van der Waals surface area contributed by atoms with Crippen LogP contribution in [0.5, 0.6) is 5.75 Å². The van der Waals surface area contributed by atoms with Gasteiger partial charge in [-0.25, -0.2) is 0 Å². The molecule has 1 unspecified atom stereocenters. The van der Waals surface area contributed by atoms with Crippen LogP contribution in [-0.4, -0.2) is 54.0 Å². The fourth-order valence-corrected chi connectivity index (χ4v) is 3.13. The van der Waals surface area contributed by atoms with E-state index in [0.29, 0.717) is 11.1 Å². The van der Waals surface area contributed by atoms with Crippen LogP contribution in [0.4, 0.5) is 0 Å². The molecule has 0 radical (unpaired) electrons. The number of amides is 1. The molecule has 8 heteroatoms. The molecule has 0 fully saturated rings. The summed E-state index contributed by atoms with van der Waals surface area (Å²) in [5, 5.41) is 24.2. The number of hydrogen-bond donors (Lipinski definition) is 1. The molecule has 1 aliphatic heterocycles. The Labute approximate surface area is 193 Å². The van der Waals surface area contributed by atoms with Crippen LogP contribution in [0, 0.1) is 11.3 Å². The molecule has 0 saturated heterocycles. The van der Waals surface area contributed by atoms with Crippen LogP contribution in [0.2, 0.25) is 0 Å². The van der Waals surface area contributed by atoms with Crippen molar-refractivity contribution in [3.8, 4) is 11.8 Å². The lowest BCUT2D eigenvalue weighted by molar-refractivity contribution is -0.124. The average Bonchev–Trinajstić information content (AvgIpc) is 2.83. The van der Waals surface area contributed by atoms with Gasteiger partial charge in [-0.05, 0) is 47.5 Å². The second-order valence-electron chi connectivity index (χ2n) is 7.69. The summed E-state index contributed by atoms with van der Waals surface area (Å²) < 4.78 is 5.14. The highest BCUT2D eigenvalue weighted by molar-refractivity contribution is 5.96. The summed E-state index contributed by atoms with van der Waals surface area (Å²) in [7, 11) is 4.93. The van der Waals surface area contributed by atoms with Crippen LogP contribution in [-0.2, 0) is 22.8 Å². The first-order chi connectivity index (χ1) is 15.8. The fraction of sp³-hybridized carbons (Fsp3) is 0.240. The lowest BCUT2D eigenvalue weighted by Crippen LogP contribution is -2.47. The Bertz CT molecular complexity index is 1100. The van der Waals surface area contributed by atoms with Gasteiger partial charge in [-0.3, -0.25) is 4.79 Å². The van der Waals surface area contributed by atoms with Crippen LogP contribution in [0.15, 0.2) is 77.6 Å². The van der Waals surface area contributed by atoms with Crippen molar-refractivity contribution in [2.45, 2.75) is 18.9 Å². The molecule has 0 bridgehead atoms. The highest BCUT2D eigenvalue weighted by Crippen LogP contribution is 2.24. The molecule has 0 aliphatic carbocycles. The van der Waals surface area contributed by atoms with E-state index < -0.39 is 5.72 Å². The summed E-state index contributed by atoms with van der Waals surface area (Å²) in [6, 6.07) is 16.5.